The van der Waals surface area contributed by atoms with Crippen LogP contribution in [0, 0.1) is 11.7 Å². The normalized spacial score (nSPS) is 21.1. The molecule has 2 saturated heterocycles. The summed E-state index contributed by atoms with van der Waals surface area (Å²) in [6.45, 7) is 5.51. The number of carbonyl (C=O) groups excluding carboxylic acids is 2. The van der Waals surface area contributed by atoms with E-state index in [9.17, 15) is 9.59 Å². The molecule has 7 heteroatoms. The molecular weight excluding hydrogens is 371 g/mol. The first-order chi connectivity index (χ1) is 14.0. The smallest absolute Gasteiger partial charge is 0.249 e. The largest absolute Gasteiger partial charge is 0.366 e. The number of benzene rings is 2. The second-order valence-electron chi connectivity index (χ2n) is 7.79. The highest BCUT2D eigenvalue weighted by molar-refractivity contribution is 6.21. The lowest BCUT2D eigenvalue weighted by Crippen LogP contribution is -2.38. The standard InChI is InChI=1S/C22H21FN4O2/c1-2-18(28)27-9-8-12-10-26(11-17(12)27)21-14(23)6-7-16-20(21)19-13(22(24)29)4-3-5-15(19)25-16/h2-7,12,17,25H,1,8-11H2,(H2,24,29). The van der Waals surface area contributed by atoms with E-state index in [1.807, 2.05) is 15.9 Å². The summed E-state index contributed by atoms with van der Waals surface area (Å²) >= 11 is 0. The summed E-state index contributed by atoms with van der Waals surface area (Å²) in [4.78, 5) is 31.3. The van der Waals surface area contributed by atoms with Crippen LogP contribution in [0.4, 0.5) is 10.1 Å². The Morgan fingerprint density at radius 3 is 2.72 bits per heavy atom. The van der Waals surface area contributed by atoms with Gasteiger partial charge in [-0.25, -0.2) is 4.39 Å². The summed E-state index contributed by atoms with van der Waals surface area (Å²) in [6.07, 6.45) is 2.23. The molecule has 1 aromatic heterocycles. The number of nitrogens with two attached hydrogens (primary N) is 1. The quantitative estimate of drug-likeness (QED) is 0.673. The zero-order valence-corrected chi connectivity index (χ0v) is 15.8. The van der Waals surface area contributed by atoms with Crippen molar-refractivity contribution in [1.82, 2.24) is 9.88 Å². The molecule has 2 aliphatic rings. The maximum Gasteiger partial charge on any atom is 0.249 e. The van der Waals surface area contributed by atoms with Gasteiger partial charge in [-0.1, -0.05) is 12.6 Å². The molecule has 0 aliphatic carbocycles. The molecule has 2 amide bonds. The van der Waals surface area contributed by atoms with Gasteiger partial charge < -0.3 is 20.5 Å². The van der Waals surface area contributed by atoms with E-state index in [4.69, 9.17) is 5.73 Å². The van der Waals surface area contributed by atoms with E-state index in [0.29, 0.717) is 41.7 Å². The van der Waals surface area contributed by atoms with Crippen LogP contribution in [0.15, 0.2) is 43.0 Å². The lowest BCUT2D eigenvalue weighted by Gasteiger charge is -2.25. The van der Waals surface area contributed by atoms with Crippen molar-refractivity contribution in [2.45, 2.75) is 12.5 Å². The number of fused-ring (bicyclic) bond motifs is 4. The Hall–Kier alpha value is -3.35. The monoisotopic (exact) mass is 392 g/mol. The maximum atomic E-state index is 15.1. The third-order valence-electron chi connectivity index (χ3n) is 6.30. The number of halogens is 1. The average Bonchev–Trinajstić information content (AvgIpc) is 3.39. The van der Waals surface area contributed by atoms with Gasteiger partial charge in [0.15, 0.2) is 0 Å². The fourth-order valence-electron chi connectivity index (χ4n) is 5.04. The molecule has 2 fully saturated rings. The Morgan fingerprint density at radius 1 is 1.17 bits per heavy atom. The fraction of sp³-hybridized carbons (Fsp3) is 0.273. The summed E-state index contributed by atoms with van der Waals surface area (Å²) in [5, 5.41) is 1.30. The highest BCUT2D eigenvalue weighted by atomic mass is 19.1. The first-order valence-electron chi connectivity index (χ1n) is 9.70. The number of likely N-dealkylation sites (tertiary alicyclic amines) is 1. The van der Waals surface area contributed by atoms with Crippen LogP contribution in [0.5, 0.6) is 0 Å². The summed E-state index contributed by atoms with van der Waals surface area (Å²) in [5.41, 5.74) is 7.92. The number of nitrogens with one attached hydrogen (secondary N) is 1. The summed E-state index contributed by atoms with van der Waals surface area (Å²) in [6, 6.07) is 8.44. The van der Waals surface area contributed by atoms with E-state index in [1.165, 1.54) is 12.1 Å². The predicted octanol–water partition coefficient (Wildman–Crippen LogP) is 2.78. The summed E-state index contributed by atoms with van der Waals surface area (Å²) in [5.74, 6) is -0.692. The molecule has 3 heterocycles. The molecule has 0 saturated carbocycles. The van der Waals surface area contributed by atoms with Gasteiger partial charge in [0.1, 0.15) is 5.82 Å². The van der Waals surface area contributed by atoms with Crippen LogP contribution < -0.4 is 10.6 Å². The Labute approximate surface area is 166 Å². The Morgan fingerprint density at radius 2 is 1.97 bits per heavy atom. The molecule has 2 unspecified atom stereocenters. The van der Waals surface area contributed by atoms with Crippen LogP contribution in [0.2, 0.25) is 0 Å². The van der Waals surface area contributed by atoms with Crippen molar-refractivity contribution in [3.05, 3.63) is 54.4 Å². The molecule has 2 aromatic carbocycles. The number of rotatable bonds is 3. The van der Waals surface area contributed by atoms with Gasteiger partial charge in [-0.05, 0) is 36.8 Å². The fourth-order valence-corrected chi connectivity index (χ4v) is 5.04. The van der Waals surface area contributed by atoms with Crippen LogP contribution >= 0.6 is 0 Å². The first-order valence-corrected chi connectivity index (χ1v) is 9.70. The van der Waals surface area contributed by atoms with Crippen LogP contribution in [-0.2, 0) is 4.79 Å². The lowest BCUT2D eigenvalue weighted by atomic mass is 10.0. The number of hydrogen-bond acceptors (Lipinski definition) is 3. The third-order valence-corrected chi connectivity index (χ3v) is 6.30. The summed E-state index contributed by atoms with van der Waals surface area (Å²) < 4.78 is 15.1. The molecule has 29 heavy (non-hydrogen) atoms. The topological polar surface area (TPSA) is 82.4 Å². The number of hydrogen-bond donors (Lipinski definition) is 2. The van der Waals surface area contributed by atoms with Gasteiger partial charge >= 0.3 is 0 Å². The molecule has 2 atom stereocenters. The van der Waals surface area contributed by atoms with Crippen molar-refractivity contribution < 1.29 is 14.0 Å². The van der Waals surface area contributed by atoms with Crippen LogP contribution in [0.25, 0.3) is 21.8 Å². The first kappa shape index (κ1) is 17.7. The molecule has 3 N–H and O–H groups in total. The maximum absolute atomic E-state index is 15.1. The average molecular weight is 392 g/mol. The van der Waals surface area contributed by atoms with Crippen molar-refractivity contribution in [2.24, 2.45) is 11.7 Å². The third kappa shape index (κ3) is 2.53. The number of H-pyrrole nitrogens is 1. The van der Waals surface area contributed by atoms with E-state index < -0.39 is 5.91 Å². The van der Waals surface area contributed by atoms with E-state index in [-0.39, 0.29) is 23.7 Å². The second kappa shape index (κ2) is 6.34. The Kier molecular flexibility index (Phi) is 3.87. The van der Waals surface area contributed by atoms with Crippen molar-refractivity contribution in [2.75, 3.05) is 24.5 Å². The van der Waals surface area contributed by atoms with Gasteiger partial charge in [0.25, 0.3) is 0 Å². The number of carbonyl (C=O) groups is 2. The van der Waals surface area contributed by atoms with Crippen LogP contribution in [0.3, 0.4) is 0 Å². The van der Waals surface area contributed by atoms with Gasteiger partial charge in [0.05, 0.1) is 11.7 Å². The second-order valence-corrected chi connectivity index (χ2v) is 7.79. The summed E-state index contributed by atoms with van der Waals surface area (Å²) in [7, 11) is 0. The zero-order chi connectivity index (χ0) is 20.3. The zero-order valence-electron chi connectivity index (χ0n) is 15.8. The number of nitrogens with zero attached hydrogens (tertiary/aromatic N) is 2. The van der Waals surface area contributed by atoms with E-state index >= 15 is 4.39 Å². The predicted molar refractivity (Wildman–Crippen MR) is 110 cm³/mol. The van der Waals surface area contributed by atoms with Crippen molar-refractivity contribution in [3.8, 4) is 0 Å². The molecule has 0 radical (unpaired) electrons. The van der Waals surface area contributed by atoms with Crippen molar-refractivity contribution in [1.29, 1.82) is 0 Å². The molecule has 0 bridgehead atoms. The Balaban J connectivity index is 1.67. The molecule has 0 spiro atoms. The van der Waals surface area contributed by atoms with Gasteiger partial charge in [0, 0.05) is 52.9 Å². The molecule has 2 aliphatic heterocycles. The van der Waals surface area contributed by atoms with Gasteiger partial charge in [0.2, 0.25) is 11.8 Å². The SMILES string of the molecule is C=CC(=O)N1CCC2CN(c3c(F)ccc4[nH]c5cccc(C(N)=O)c5c34)CC21. The van der Waals surface area contributed by atoms with Gasteiger partial charge in [-0.3, -0.25) is 9.59 Å². The van der Waals surface area contributed by atoms with Crippen LogP contribution in [0.1, 0.15) is 16.8 Å². The van der Waals surface area contributed by atoms with Gasteiger partial charge in [-0.15, -0.1) is 0 Å². The molecule has 6 nitrogen and oxygen atoms in total. The number of anilines is 1. The number of aromatic amines is 1. The van der Waals surface area contributed by atoms with Crippen molar-refractivity contribution in [3.63, 3.8) is 0 Å². The van der Waals surface area contributed by atoms with Crippen LogP contribution in [-0.4, -0.2) is 47.4 Å². The minimum atomic E-state index is -0.548. The molecule has 5 rings (SSSR count). The van der Waals surface area contributed by atoms with E-state index in [2.05, 4.69) is 11.6 Å². The number of primary amides is 1. The van der Waals surface area contributed by atoms with E-state index in [0.717, 1.165) is 17.5 Å². The highest BCUT2D eigenvalue weighted by Crippen LogP contribution is 2.41. The minimum Gasteiger partial charge on any atom is -0.366 e. The van der Waals surface area contributed by atoms with Crippen molar-refractivity contribution >= 4 is 39.3 Å². The van der Waals surface area contributed by atoms with E-state index in [1.54, 1.807) is 18.2 Å². The lowest BCUT2D eigenvalue weighted by molar-refractivity contribution is -0.126. The molecule has 3 aromatic rings. The number of aromatic nitrogens is 1. The number of amides is 2. The molecule has 148 valence electrons. The molecular formula is C22H21FN4O2. The highest BCUT2D eigenvalue weighted by Gasteiger charge is 2.43. The minimum absolute atomic E-state index is 0.0379. The Bertz CT molecular complexity index is 1180. The van der Waals surface area contributed by atoms with Gasteiger partial charge in [-0.2, -0.15) is 0 Å².